The van der Waals surface area contributed by atoms with E-state index < -0.39 is 16.1 Å². The molecule has 1 aromatic rings. The predicted octanol–water partition coefficient (Wildman–Crippen LogP) is 1.83. The highest BCUT2D eigenvalue weighted by atomic mass is 32.2. The zero-order valence-corrected chi connectivity index (χ0v) is 12.0. The fourth-order valence-electron chi connectivity index (χ4n) is 1.48. The molecule has 0 aliphatic rings. The number of rotatable bonds is 5. The first-order chi connectivity index (χ1) is 8.77. The van der Waals surface area contributed by atoms with Crippen LogP contribution in [0.5, 0.6) is 0 Å². The molecule has 0 radical (unpaired) electrons. The lowest BCUT2D eigenvalue weighted by atomic mass is 10.1. The van der Waals surface area contributed by atoms with Crippen molar-refractivity contribution in [2.24, 2.45) is 5.92 Å². The Morgan fingerprint density at radius 3 is 2.47 bits per heavy atom. The molecular weight excluding hydrogens is 262 g/mol. The molecule has 0 amide bonds. The van der Waals surface area contributed by atoms with Crippen LogP contribution < -0.4 is 4.72 Å². The minimum absolute atomic E-state index is 0.0178. The van der Waals surface area contributed by atoms with Gasteiger partial charge in [0, 0.05) is 5.56 Å². The molecule has 1 atom stereocenters. The van der Waals surface area contributed by atoms with Gasteiger partial charge in [-0.2, -0.15) is 4.72 Å². The van der Waals surface area contributed by atoms with Gasteiger partial charge in [0.2, 0.25) is 10.0 Å². The summed E-state index contributed by atoms with van der Waals surface area (Å²) in [6.45, 7) is 5.05. The number of sulfonamides is 1. The molecule has 0 aromatic heterocycles. The van der Waals surface area contributed by atoms with E-state index in [-0.39, 0.29) is 16.6 Å². The second-order valence-electron chi connectivity index (χ2n) is 4.59. The molecular formula is C14H17NO3S. The van der Waals surface area contributed by atoms with Crippen LogP contribution >= 0.6 is 0 Å². The Balaban J connectivity index is 3.11. The van der Waals surface area contributed by atoms with Gasteiger partial charge in [-0.15, -0.1) is 6.42 Å². The van der Waals surface area contributed by atoms with Crippen molar-refractivity contribution in [1.82, 2.24) is 4.72 Å². The smallest absolute Gasteiger partial charge is 0.241 e. The molecule has 5 heteroatoms. The lowest BCUT2D eigenvalue weighted by Crippen LogP contribution is -2.37. The second-order valence-corrected chi connectivity index (χ2v) is 6.31. The van der Waals surface area contributed by atoms with E-state index in [0.717, 1.165) is 0 Å². The van der Waals surface area contributed by atoms with E-state index in [9.17, 15) is 13.2 Å². The van der Waals surface area contributed by atoms with Crippen molar-refractivity contribution in [3.8, 4) is 12.3 Å². The normalized spacial score (nSPS) is 13.0. The van der Waals surface area contributed by atoms with Crippen molar-refractivity contribution in [3.05, 3.63) is 29.8 Å². The molecule has 0 fully saturated rings. The lowest BCUT2D eigenvalue weighted by molar-refractivity contribution is 0.101. The minimum atomic E-state index is -3.72. The maximum Gasteiger partial charge on any atom is 0.241 e. The van der Waals surface area contributed by atoms with E-state index in [1.165, 1.54) is 25.1 Å². The zero-order chi connectivity index (χ0) is 14.6. The largest absolute Gasteiger partial charge is 0.295 e. The molecule has 0 saturated heterocycles. The summed E-state index contributed by atoms with van der Waals surface area (Å²) in [5.41, 5.74) is 0.352. The van der Waals surface area contributed by atoms with Gasteiger partial charge in [0.1, 0.15) is 0 Å². The topological polar surface area (TPSA) is 63.2 Å². The van der Waals surface area contributed by atoms with Gasteiger partial charge in [0.05, 0.1) is 10.9 Å². The van der Waals surface area contributed by atoms with E-state index in [2.05, 4.69) is 10.6 Å². The third-order valence-electron chi connectivity index (χ3n) is 2.68. The van der Waals surface area contributed by atoms with Crippen LogP contribution in [0.1, 0.15) is 31.1 Å². The van der Waals surface area contributed by atoms with Crippen LogP contribution in [-0.4, -0.2) is 20.2 Å². The lowest BCUT2D eigenvalue weighted by Gasteiger charge is -2.16. The summed E-state index contributed by atoms with van der Waals surface area (Å²) in [5.74, 6) is 2.20. The summed E-state index contributed by atoms with van der Waals surface area (Å²) in [4.78, 5) is 11.3. The monoisotopic (exact) mass is 279 g/mol. The first-order valence-corrected chi connectivity index (χ1v) is 7.35. The molecule has 0 heterocycles. The second kappa shape index (κ2) is 6.00. The van der Waals surface area contributed by atoms with Gasteiger partial charge < -0.3 is 0 Å². The summed E-state index contributed by atoms with van der Waals surface area (Å²) in [5, 5.41) is 0. The Morgan fingerprint density at radius 2 is 2.00 bits per heavy atom. The van der Waals surface area contributed by atoms with E-state index >= 15 is 0 Å². The van der Waals surface area contributed by atoms with Crippen LogP contribution in [-0.2, 0) is 10.0 Å². The van der Waals surface area contributed by atoms with Crippen molar-refractivity contribution in [2.45, 2.75) is 31.7 Å². The van der Waals surface area contributed by atoms with Gasteiger partial charge in [-0.3, -0.25) is 4.79 Å². The number of hydrogen-bond donors (Lipinski definition) is 1. The number of Topliss-reactive ketones (excluding diaryl/α,β-unsaturated/α-hetero) is 1. The fraction of sp³-hybridized carbons (Fsp3) is 0.357. The molecule has 1 aromatic carbocycles. The maximum atomic E-state index is 12.2. The molecule has 0 aliphatic heterocycles. The Labute approximate surface area is 114 Å². The van der Waals surface area contributed by atoms with Gasteiger partial charge in [-0.25, -0.2) is 8.42 Å². The Bertz CT molecular complexity index is 612. The third kappa shape index (κ3) is 3.91. The van der Waals surface area contributed by atoms with Gasteiger partial charge in [0.25, 0.3) is 0 Å². The number of terminal acetylenes is 1. The quantitative estimate of drug-likeness (QED) is 0.660. The average Bonchev–Trinajstić information content (AvgIpc) is 2.35. The number of carbonyl (C=O) groups excluding carboxylic acids is 1. The molecule has 1 rings (SSSR count). The fourth-order valence-corrected chi connectivity index (χ4v) is 2.83. The Kier molecular flexibility index (Phi) is 4.87. The molecule has 0 spiro atoms. The summed E-state index contributed by atoms with van der Waals surface area (Å²) in [6.07, 6.45) is 5.31. The minimum Gasteiger partial charge on any atom is -0.295 e. The molecule has 4 nitrogen and oxygen atoms in total. The highest BCUT2D eigenvalue weighted by Gasteiger charge is 2.21. The molecule has 0 saturated carbocycles. The zero-order valence-electron chi connectivity index (χ0n) is 11.2. The van der Waals surface area contributed by atoms with Gasteiger partial charge in [0.15, 0.2) is 5.78 Å². The first-order valence-electron chi connectivity index (χ1n) is 5.87. The van der Waals surface area contributed by atoms with Gasteiger partial charge >= 0.3 is 0 Å². The number of hydrogen-bond acceptors (Lipinski definition) is 3. The van der Waals surface area contributed by atoms with E-state index in [1.54, 1.807) is 6.07 Å². The van der Waals surface area contributed by atoms with Crippen LogP contribution in [0.15, 0.2) is 29.2 Å². The van der Waals surface area contributed by atoms with Crippen molar-refractivity contribution in [1.29, 1.82) is 0 Å². The number of nitrogens with one attached hydrogen (secondary N) is 1. The van der Waals surface area contributed by atoms with Gasteiger partial charge in [-0.05, 0) is 25.0 Å². The Hall–Kier alpha value is -1.64. The summed E-state index contributed by atoms with van der Waals surface area (Å²) < 4.78 is 26.8. The number of ketones is 1. The maximum absolute atomic E-state index is 12.2. The van der Waals surface area contributed by atoms with Crippen LogP contribution in [0.4, 0.5) is 0 Å². The highest BCUT2D eigenvalue weighted by Crippen LogP contribution is 2.14. The van der Waals surface area contributed by atoms with Crippen LogP contribution in [0.25, 0.3) is 0 Å². The summed E-state index contributed by atoms with van der Waals surface area (Å²) >= 11 is 0. The van der Waals surface area contributed by atoms with Crippen LogP contribution in [0.2, 0.25) is 0 Å². The highest BCUT2D eigenvalue weighted by molar-refractivity contribution is 7.89. The van der Waals surface area contributed by atoms with Crippen molar-refractivity contribution in [3.63, 3.8) is 0 Å². The molecule has 0 bridgehead atoms. The predicted molar refractivity (Wildman–Crippen MR) is 74.2 cm³/mol. The third-order valence-corrected chi connectivity index (χ3v) is 4.12. The molecule has 102 valence electrons. The SMILES string of the molecule is C#CC(NS(=O)(=O)c1cccc(C(C)=O)c1)C(C)C. The van der Waals surface area contributed by atoms with E-state index in [4.69, 9.17) is 6.42 Å². The average molecular weight is 279 g/mol. The number of carbonyl (C=O) groups is 1. The van der Waals surface area contributed by atoms with Crippen LogP contribution in [0, 0.1) is 18.3 Å². The van der Waals surface area contributed by atoms with Gasteiger partial charge in [-0.1, -0.05) is 31.9 Å². The van der Waals surface area contributed by atoms with Crippen molar-refractivity contribution >= 4 is 15.8 Å². The summed E-state index contributed by atoms with van der Waals surface area (Å²) in [6, 6.07) is 5.31. The Morgan fingerprint density at radius 1 is 1.37 bits per heavy atom. The molecule has 1 unspecified atom stereocenters. The molecule has 19 heavy (non-hydrogen) atoms. The van der Waals surface area contributed by atoms with Crippen molar-refractivity contribution < 1.29 is 13.2 Å². The molecule has 0 aliphatic carbocycles. The number of benzene rings is 1. The van der Waals surface area contributed by atoms with E-state index in [0.29, 0.717) is 5.56 Å². The van der Waals surface area contributed by atoms with Crippen LogP contribution in [0.3, 0.4) is 0 Å². The standard InChI is InChI=1S/C14H17NO3S/c1-5-14(10(2)3)15-19(17,18)13-8-6-7-12(9-13)11(4)16/h1,6-10,14-15H,2-4H3. The molecule has 1 N–H and O–H groups in total. The van der Waals surface area contributed by atoms with E-state index in [1.807, 2.05) is 13.8 Å². The first kappa shape index (κ1) is 15.4. The van der Waals surface area contributed by atoms with Crippen molar-refractivity contribution in [2.75, 3.05) is 0 Å². The summed E-state index contributed by atoms with van der Waals surface area (Å²) in [7, 11) is -3.72.